The van der Waals surface area contributed by atoms with E-state index in [1.807, 2.05) is 6.07 Å². The highest BCUT2D eigenvalue weighted by Crippen LogP contribution is 2.11. The lowest BCUT2D eigenvalue weighted by Gasteiger charge is -2.29. The van der Waals surface area contributed by atoms with E-state index >= 15 is 0 Å². The van der Waals surface area contributed by atoms with Crippen molar-refractivity contribution in [2.75, 3.05) is 26.2 Å². The Labute approximate surface area is 125 Å². The van der Waals surface area contributed by atoms with E-state index in [1.54, 1.807) is 18.2 Å². The predicted octanol–water partition coefficient (Wildman–Crippen LogP) is 0.898. The summed E-state index contributed by atoms with van der Waals surface area (Å²) in [6.45, 7) is 3.51. The largest absolute Gasteiger partial charge is 0.508 e. The molecule has 5 heteroatoms. The monoisotopic (exact) mass is 292 g/mol. The molecule has 1 aromatic carbocycles. The first kappa shape index (κ1) is 15.8. The number of aliphatic hydroxyl groups excluding tert-OH is 1. The van der Waals surface area contributed by atoms with Crippen LogP contribution in [0.15, 0.2) is 24.3 Å². The van der Waals surface area contributed by atoms with Crippen LogP contribution < -0.4 is 5.32 Å². The average Bonchev–Trinajstić information content (AvgIpc) is 2.45. The Bertz CT molecular complexity index is 457. The molecule has 5 nitrogen and oxygen atoms in total. The summed E-state index contributed by atoms with van der Waals surface area (Å²) in [6.07, 6.45) is 2.78. The summed E-state index contributed by atoms with van der Waals surface area (Å²) in [5.41, 5.74) is 0.817. The molecule has 1 saturated heterocycles. The molecule has 1 amide bonds. The van der Waals surface area contributed by atoms with E-state index in [0.29, 0.717) is 13.0 Å². The number of phenolic OH excluding ortho intramolecular Hbond substituents is 1. The van der Waals surface area contributed by atoms with Gasteiger partial charge in [-0.3, -0.25) is 4.79 Å². The topological polar surface area (TPSA) is 72.8 Å². The number of aromatic hydroxyl groups is 1. The number of rotatable bonds is 6. The van der Waals surface area contributed by atoms with Crippen molar-refractivity contribution in [3.8, 4) is 5.75 Å². The third-order valence-electron chi connectivity index (χ3n) is 3.81. The van der Waals surface area contributed by atoms with E-state index in [-0.39, 0.29) is 17.8 Å². The number of carbonyl (C=O) groups excluding carboxylic acids is 1. The summed E-state index contributed by atoms with van der Waals surface area (Å²) >= 11 is 0. The van der Waals surface area contributed by atoms with Crippen LogP contribution in [0.4, 0.5) is 0 Å². The Morgan fingerprint density at radius 3 is 2.81 bits per heavy atom. The fourth-order valence-electron chi connectivity index (χ4n) is 2.59. The molecule has 0 unspecified atom stereocenters. The number of phenols is 1. The molecule has 1 fully saturated rings. The summed E-state index contributed by atoms with van der Waals surface area (Å²) in [6, 6.07) is 6.77. The molecule has 0 bridgehead atoms. The highest BCUT2D eigenvalue weighted by Gasteiger charge is 2.16. The molecular weight excluding hydrogens is 268 g/mol. The molecule has 0 saturated carbocycles. The van der Waals surface area contributed by atoms with Crippen LogP contribution in [0.5, 0.6) is 5.75 Å². The van der Waals surface area contributed by atoms with Gasteiger partial charge in [0.15, 0.2) is 0 Å². The summed E-state index contributed by atoms with van der Waals surface area (Å²) in [5.74, 6) is 0.169. The van der Waals surface area contributed by atoms with E-state index in [2.05, 4.69) is 10.2 Å². The minimum Gasteiger partial charge on any atom is -0.508 e. The molecule has 21 heavy (non-hydrogen) atoms. The van der Waals surface area contributed by atoms with Gasteiger partial charge in [-0.15, -0.1) is 0 Å². The molecule has 0 aromatic heterocycles. The van der Waals surface area contributed by atoms with Crippen molar-refractivity contribution in [3.63, 3.8) is 0 Å². The first-order chi connectivity index (χ1) is 10.1. The van der Waals surface area contributed by atoms with Gasteiger partial charge in [-0.2, -0.15) is 0 Å². The van der Waals surface area contributed by atoms with Crippen LogP contribution >= 0.6 is 0 Å². The smallest absolute Gasteiger partial charge is 0.224 e. The summed E-state index contributed by atoms with van der Waals surface area (Å²) in [4.78, 5) is 14.1. The Morgan fingerprint density at radius 2 is 2.10 bits per heavy atom. The molecule has 2 rings (SSSR count). The number of hydrogen-bond donors (Lipinski definition) is 3. The molecule has 1 aliphatic rings. The van der Waals surface area contributed by atoms with E-state index < -0.39 is 0 Å². The first-order valence-corrected chi connectivity index (χ1v) is 7.58. The van der Waals surface area contributed by atoms with Crippen molar-refractivity contribution >= 4 is 5.91 Å². The lowest BCUT2D eigenvalue weighted by atomic mass is 10.1. The number of likely N-dealkylation sites (tertiary alicyclic amines) is 1. The van der Waals surface area contributed by atoms with Crippen LogP contribution in [0.25, 0.3) is 0 Å². The quantitative estimate of drug-likeness (QED) is 0.681. The number of amides is 1. The molecular formula is C16H24N2O3. The second-order valence-electron chi connectivity index (χ2n) is 5.62. The zero-order valence-corrected chi connectivity index (χ0v) is 12.3. The van der Waals surface area contributed by atoms with Crippen molar-refractivity contribution in [3.05, 3.63) is 29.8 Å². The summed E-state index contributed by atoms with van der Waals surface area (Å²) < 4.78 is 0. The van der Waals surface area contributed by atoms with Crippen molar-refractivity contribution in [2.24, 2.45) is 0 Å². The van der Waals surface area contributed by atoms with Crippen LogP contribution in [0.2, 0.25) is 0 Å². The minimum atomic E-state index is -0.136. The van der Waals surface area contributed by atoms with E-state index in [9.17, 15) is 15.0 Å². The molecule has 0 radical (unpaired) electrons. The Kier molecular flexibility index (Phi) is 6.02. The average molecular weight is 292 g/mol. The number of aliphatic hydroxyl groups is 1. The van der Waals surface area contributed by atoms with Gasteiger partial charge < -0.3 is 20.4 Å². The van der Waals surface area contributed by atoms with E-state index in [4.69, 9.17) is 0 Å². The second kappa shape index (κ2) is 8.00. The van der Waals surface area contributed by atoms with Crippen LogP contribution in [0.3, 0.4) is 0 Å². The highest BCUT2D eigenvalue weighted by atomic mass is 16.3. The van der Waals surface area contributed by atoms with Crippen molar-refractivity contribution in [1.29, 1.82) is 0 Å². The lowest BCUT2D eigenvalue weighted by Crippen LogP contribution is -2.37. The maximum absolute atomic E-state index is 11.8. The van der Waals surface area contributed by atoms with E-state index in [1.165, 1.54) is 0 Å². The van der Waals surface area contributed by atoms with Crippen LogP contribution in [0.1, 0.15) is 24.8 Å². The number of benzene rings is 1. The Morgan fingerprint density at radius 1 is 1.33 bits per heavy atom. The molecule has 0 spiro atoms. The molecule has 0 atom stereocenters. The maximum atomic E-state index is 11.8. The third-order valence-corrected chi connectivity index (χ3v) is 3.81. The number of hydrogen-bond acceptors (Lipinski definition) is 4. The SMILES string of the molecule is O=C(Cc1cccc(O)c1)NCCCN1CCC(O)CC1. The van der Waals surface area contributed by atoms with Gasteiger partial charge in [0.1, 0.15) is 5.75 Å². The fraction of sp³-hybridized carbons (Fsp3) is 0.562. The molecule has 1 aromatic rings. The standard InChI is InChI=1S/C16H24N2O3/c19-14-5-9-18(10-6-14)8-2-7-17-16(21)12-13-3-1-4-15(20)11-13/h1,3-4,11,14,19-20H,2,5-10,12H2,(H,17,21). The predicted molar refractivity (Wildman–Crippen MR) is 81.1 cm³/mol. The van der Waals surface area contributed by atoms with Gasteiger partial charge >= 0.3 is 0 Å². The molecule has 1 heterocycles. The molecule has 116 valence electrons. The molecule has 1 aliphatic heterocycles. The van der Waals surface area contributed by atoms with Gasteiger partial charge in [-0.05, 0) is 43.5 Å². The molecule has 3 N–H and O–H groups in total. The Hall–Kier alpha value is -1.59. The van der Waals surface area contributed by atoms with Crippen molar-refractivity contribution in [1.82, 2.24) is 10.2 Å². The maximum Gasteiger partial charge on any atom is 0.224 e. The van der Waals surface area contributed by atoms with Crippen molar-refractivity contribution < 1.29 is 15.0 Å². The van der Waals surface area contributed by atoms with Gasteiger partial charge in [0.2, 0.25) is 5.91 Å². The van der Waals surface area contributed by atoms with Gasteiger partial charge in [0, 0.05) is 19.6 Å². The zero-order chi connectivity index (χ0) is 15.1. The normalized spacial score (nSPS) is 16.8. The lowest BCUT2D eigenvalue weighted by molar-refractivity contribution is -0.120. The number of carbonyl (C=O) groups is 1. The van der Waals surface area contributed by atoms with Gasteiger partial charge in [-0.25, -0.2) is 0 Å². The van der Waals surface area contributed by atoms with Crippen LogP contribution in [-0.2, 0) is 11.2 Å². The third kappa shape index (κ3) is 5.73. The van der Waals surface area contributed by atoms with Crippen molar-refractivity contribution in [2.45, 2.75) is 31.8 Å². The fourth-order valence-corrected chi connectivity index (χ4v) is 2.59. The first-order valence-electron chi connectivity index (χ1n) is 7.58. The van der Waals surface area contributed by atoms with Gasteiger partial charge in [0.05, 0.1) is 12.5 Å². The van der Waals surface area contributed by atoms with Gasteiger partial charge in [-0.1, -0.05) is 12.1 Å². The highest BCUT2D eigenvalue weighted by molar-refractivity contribution is 5.78. The second-order valence-corrected chi connectivity index (χ2v) is 5.62. The Balaban J connectivity index is 1.59. The number of nitrogens with zero attached hydrogens (tertiary/aromatic N) is 1. The summed E-state index contributed by atoms with van der Waals surface area (Å²) in [5, 5.41) is 21.7. The summed E-state index contributed by atoms with van der Waals surface area (Å²) in [7, 11) is 0. The van der Waals surface area contributed by atoms with E-state index in [0.717, 1.165) is 44.5 Å². The van der Waals surface area contributed by atoms with Gasteiger partial charge in [0.25, 0.3) is 0 Å². The number of piperidine rings is 1. The van der Waals surface area contributed by atoms with Crippen LogP contribution in [0, 0.1) is 0 Å². The van der Waals surface area contributed by atoms with Crippen LogP contribution in [-0.4, -0.2) is 53.3 Å². The molecule has 0 aliphatic carbocycles. The number of nitrogens with one attached hydrogen (secondary N) is 1. The zero-order valence-electron chi connectivity index (χ0n) is 12.3. The minimum absolute atomic E-state index is 0.0188.